The molecule has 1 heterocycles. The van der Waals surface area contributed by atoms with Crippen molar-refractivity contribution in [2.45, 2.75) is 24.3 Å². The van der Waals surface area contributed by atoms with E-state index in [1.165, 1.54) is 19.9 Å². The standard InChI is InChI=1S/C15H13BrN2O3S2/c1-15(2)13(19)17-14(22)18(15)23(20,21)12-8-4-5-9-10(12)6-3-7-11(9)16/h3-8H,1-2H3,(H,17,19,22). The molecule has 0 aromatic heterocycles. The van der Waals surface area contributed by atoms with Crippen molar-refractivity contribution in [2.24, 2.45) is 0 Å². The highest BCUT2D eigenvalue weighted by molar-refractivity contribution is 9.10. The van der Waals surface area contributed by atoms with Crippen molar-refractivity contribution in [3.05, 3.63) is 40.9 Å². The number of hydrogen-bond donors (Lipinski definition) is 1. The summed E-state index contributed by atoms with van der Waals surface area (Å²) in [5.74, 6) is -0.438. The van der Waals surface area contributed by atoms with Crippen LogP contribution in [0.25, 0.3) is 10.8 Å². The predicted octanol–water partition coefficient (Wildman–Crippen LogP) is 2.79. The van der Waals surface area contributed by atoms with Gasteiger partial charge in [-0.05, 0) is 43.6 Å². The zero-order chi connectivity index (χ0) is 17.0. The van der Waals surface area contributed by atoms with Gasteiger partial charge in [-0.2, -0.15) is 0 Å². The van der Waals surface area contributed by atoms with Crippen molar-refractivity contribution >= 4 is 60.0 Å². The molecule has 1 aliphatic rings. The van der Waals surface area contributed by atoms with Crippen LogP contribution in [-0.2, 0) is 14.8 Å². The van der Waals surface area contributed by atoms with Crippen LogP contribution in [0.2, 0.25) is 0 Å². The molecule has 1 N–H and O–H groups in total. The van der Waals surface area contributed by atoms with Crippen molar-refractivity contribution in [3.63, 3.8) is 0 Å². The number of carbonyl (C=O) groups excluding carboxylic acids is 1. The van der Waals surface area contributed by atoms with E-state index in [9.17, 15) is 13.2 Å². The Morgan fingerprint density at radius 3 is 2.35 bits per heavy atom. The number of nitrogens with one attached hydrogen (secondary N) is 1. The van der Waals surface area contributed by atoms with Crippen LogP contribution < -0.4 is 5.32 Å². The summed E-state index contributed by atoms with van der Waals surface area (Å²) in [5, 5.41) is 3.66. The molecule has 0 aliphatic carbocycles. The van der Waals surface area contributed by atoms with Gasteiger partial charge in [-0.25, -0.2) is 12.7 Å². The number of benzene rings is 2. The topological polar surface area (TPSA) is 66.5 Å². The zero-order valence-electron chi connectivity index (χ0n) is 12.3. The Bertz CT molecular complexity index is 954. The molecule has 1 amide bonds. The van der Waals surface area contributed by atoms with Gasteiger partial charge in [-0.15, -0.1) is 0 Å². The van der Waals surface area contributed by atoms with Crippen molar-refractivity contribution in [2.75, 3.05) is 0 Å². The van der Waals surface area contributed by atoms with Gasteiger partial charge in [-0.1, -0.05) is 40.2 Å². The molecule has 0 saturated carbocycles. The summed E-state index contributed by atoms with van der Waals surface area (Å²) in [6.45, 7) is 3.06. The van der Waals surface area contributed by atoms with E-state index in [4.69, 9.17) is 12.2 Å². The number of thiocarbonyl (C=S) groups is 1. The van der Waals surface area contributed by atoms with E-state index >= 15 is 0 Å². The van der Waals surface area contributed by atoms with Crippen LogP contribution >= 0.6 is 28.1 Å². The number of nitrogens with zero attached hydrogens (tertiary/aromatic N) is 1. The fourth-order valence-electron chi connectivity index (χ4n) is 2.62. The lowest BCUT2D eigenvalue weighted by atomic mass is 10.1. The fourth-order valence-corrected chi connectivity index (χ4v) is 5.59. The zero-order valence-corrected chi connectivity index (χ0v) is 15.5. The third-order valence-corrected chi connectivity index (χ3v) is 6.94. The highest BCUT2D eigenvalue weighted by Crippen LogP contribution is 2.34. The maximum Gasteiger partial charge on any atom is 0.267 e. The average Bonchev–Trinajstić information content (AvgIpc) is 2.67. The molecule has 8 heteroatoms. The smallest absolute Gasteiger partial charge is 0.267 e. The van der Waals surface area contributed by atoms with Gasteiger partial charge in [0.25, 0.3) is 15.9 Å². The van der Waals surface area contributed by atoms with Gasteiger partial charge in [0.05, 0.1) is 4.90 Å². The molecular weight excluding hydrogens is 400 g/mol. The Balaban J connectivity index is 2.28. The van der Waals surface area contributed by atoms with Crippen LogP contribution in [-0.4, -0.2) is 29.3 Å². The molecule has 23 heavy (non-hydrogen) atoms. The second kappa shape index (κ2) is 5.25. The minimum absolute atomic E-state index is 0.105. The molecule has 0 atom stereocenters. The predicted molar refractivity (Wildman–Crippen MR) is 95.5 cm³/mol. The maximum atomic E-state index is 13.2. The van der Waals surface area contributed by atoms with Crippen LogP contribution in [0, 0.1) is 0 Å². The lowest BCUT2D eigenvalue weighted by Crippen LogP contribution is -2.47. The summed E-state index contributed by atoms with van der Waals surface area (Å²) in [6, 6.07) is 10.4. The minimum atomic E-state index is -3.98. The van der Waals surface area contributed by atoms with Gasteiger partial charge in [-0.3, -0.25) is 4.79 Å². The lowest BCUT2D eigenvalue weighted by molar-refractivity contribution is -0.124. The van der Waals surface area contributed by atoms with Gasteiger partial charge >= 0.3 is 0 Å². The first kappa shape index (κ1) is 16.4. The third-order valence-electron chi connectivity index (χ3n) is 3.82. The quantitative estimate of drug-likeness (QED) is 0.770. The van der Waals surface area contributed by atoms with E-state index < -0.39 is 21.5 Å². The SMILES string of the molecule is CC1(C)C(=O)NC(=S)N1S(=O)(=O)c1cccc2c(Br)cccc12. The molecule has 1 saturated heterocycles. The van der Waals surface area contributed by atoms with Gasteiger partial charge < -0.3 is 5.32 Å². The number of halogens is 1. The number of sulfonamides is 1. The summed E-state index contributed by atoms with van der Waals surface area (Å²) in [5.41, 5.74) is -1.27. The van der Waals surface area contributed by atoms with Crippen LogP contribution in [0.1, 0.15) is 13.8 Å². The first-order valence-electron chi connectivity index (χ1n) is 6.75. The monoisotopic (exact) mass is 412 g/mol. The van der Waals surface area contributed by atoms with E-state index in [1.807, 2.05) is 12.1 Å². The van der Waals surface area contributed by atoms with Crippen LogP contribution in [0.5, 0.6) is 0 Å². The lowest BCUT2D eigenvalue weighted by Gasteiger charge is -2.29. The summed E-state index contributed by atoms with van der Waals surface area (Å²) in [7, 11) is -3.98. The van der Waals surface area contributed by atoms with Crippen LogP contribution in [0.15, 0.2) is 45.8 Å². The second-order valence-electron chi connectivity index (χ2n) is 5.68. The maximum absolute atomic E-state index is 13.2. The summed E-state index contributed by atoms with van der Waals surface area (Å²) in [4.78, 5) is 12.1. The molecule has 5 nitrogen and oxygen atoms in total. The average molecular weight is 413 g/mol. The van der Waals surface area contributed by atoms with Crippen molar-refractivity contribution in [1.29, 1.82) is 0 Å². The van der Waals surface area contributed by atoms with Crippen molar-refractivity contribution in [1.82, 2.24) is 9.62 Å². The summed E-state index contributed by atoms with van der Waals surface area (Å²) >= 11 is 8.49. The number of hydrogen-bond acceptors (Lipinski definition) is 4. The van der Waals surface area contributed by atoms with E-state index in [-0.39, 0.29) is 10.0 Å². The molecule has 1 fully saturated rings. The molecule has 120 valence electrons. The van der Waals surface area contributed by atoms with E-state index in [1.54, 1.807) is 18.2 Å². The molecule has 1 aliphatic heterocycles. The molecule has 0 bridgehead atoms. The normalized spacial score (nSPS) is 17.6. The van der Waals surface area contributed by atoms with Gasteiger partial charge in [0.1, 0.15) is 5.54 Å². The number of carbonyl (C=O) groups is 1. The van der Waals surface area contributed by atoms with Gasteiger partial charge in [0.15, 0.2) is 5.11 Å². The Labute approximate surface area is 147 Å². The third kappa shape index (κ3) is 2.36. The first-order valence-corrected chi connectivity index (χ1v) is 9.39. The molecule has 0 unspecified atom stereocenters. The van der Waals surface area contributed by atoms with Crippen molar-refractivity contribution < 1.29 is 13.2 Å². The molecule has 2 aromatic carbocycles. The fraction of sp³-hybridized carbons (Fsp3) is 0.200. The summed E-state index contributed by atoms with van der Waals surface area (Å²) < 4.78 is 28.1. The second-order valence-corrected chi connectivity index (χ2v) is 8.67. The molecule has 0 spiro atoms. The number of amides is 1. The number of rotatable bonds is 2. The Hall–Kier alpha value is -1.51. The Kier molecular flexibility index (Phi) is 3.74. The highest BCUT2D eigenvalue weighted by Gasteiger charge is 2.50. The Morgan fingerprint density at radius 2 is 1.74 bits per heavy atom. The molecule has 0 radical (unpaired) electrons. The highest BCUT2D eigenvalue weighted by atomic mass is 79.9. The number of fused-ring (bicyclic) bond motifs is 1. The molecule has 2 aromatic rings. The summed E-state index contributed by atoms with van der Waals surface area (Å²) in [6.07, 6.45) is 0. The van der Waals surface area contributed by atoms with Crippen molar-refractivity contribution in [3.8, 4) is 0 Å². The van der Waals surface area contributed by atoms with E-state index in [2.05, 4.69) is 21.2 Å². The van der Waals surface area contributed by atoms with Crippen LogP contribution in [0.4, 0.5) is 0 Å². The van der Waals surface area contributed by atoms with E-state index in [0.717, 1.165) is 14.2 Å². The van der Waals surface area contributed by atoms with Gasteiger partial charge in [0, 0.05) is 9.86 Å². The Morgan fingerprint density at radius 1 is 1.13 bits per heavy atom. The van der Waals surface area contributed by atoms with Crippen LogP contribution in [0.3, 0.4) is 0 Å². The first-order chi connectivity index (χ1) is 10.7. The van der Waals surface area contributed by atoms with Gasteiger partial charge in [0.2, 0.25) is 0 Å². The molecule has 3 rings (SSSR count). The van der Waals surface area contributed by atoms with E-state index in [0.29, 0.717) is 5.39 Å². The minimum Gasteiger partial charge on any atom is -0.300 e. The molecular formula is C15H13BrN2O3S2. The largest absolute Gasteiger partial charge is 0.300 e.